The molecular formula is C17H24BrClN2O. The Balaban J connectivity index is 0.00000176. The number of halogens is 2. The van der Waals surface area contributed by atoms with Crippen LogP contribution in [0.15, 0.2) is 28.7 Å². The molecule has 1 aromatic carbocycles. The molecule has 0 radical (unpaired) electrons. The van der Waals surface area contributed by atoms with Gasteiger partial charge in [-0.3, -0.25) is 4.79 Å². The fraction of sp³-hybridized carbons (Fsp3) is 0.588. The molecule has 1 saturated heterocycles. The molecule has 0 unspecified atom stereocenters. The average Bonchev–Trinajstić information content (AvgIpc) is 3.26. The molecule has 2 aliphatic rings. The highest BCUT2D eigenvalue weighted by Gasteiger charge is 2.45. The Hall–Kier alpha value is -0.580. The van der Waals surface area contributed by atoms with Crippen LogP contribution in [0.4, 0.5) is 0 Å². The number of piperidine rings is 1. The fourth-order valence-corrected chi connectivity index (χ4v) is 4.06. The summed E-state index contributed by atoms with van der Waals surface area (Å²) in [6, 6.07) is 8.84. The highest BCUT2D eigenvalue weighted by atomic mass is 79.9. The third-order valence-corrected chi connectivity index (χ3v) is 5.59. The number of hydrogen-bond acceptors (Lipinski definition) is 2. The molecule has 1 heterocycles. The van der Waals surface area contributed by atoms with E-state index >= 15 is 0 Å². The molecule has 3 rings (SSSR count). The summed E-state index contributed by atoms with van der Waals surface area (Å²) >= 11 is 3.64. The largest absolute Gasteiger partial charge is 0.355 e. The van der Waals surface area contributed by atoms with Crippen molar-refractivity contribution < 1.29 is 4.79 Å². The minimum absolute atomic E-state index is 0. The molecule has 0 aromatic heterocycles. The maximum absolute atomic E-state index is 12.4. The van der Waals surface area contributed by atoms with Crippen LogP contribution in [0, 0.1) is 5.92 Å². The minimum atomic E-state index is 0. The van der Waals surface area contributed by atoms with Gasteiger partial charge in [-0.2, -0.15) is 0 Å². The van der Waals surface area contributed by atoms with E-state index in [-0.39, 0.29) is 29.6 Å². The molecule has 1 aromatic rings. The fourth-order valence-electron chi connectivity index (χ4n) is 3.35. The Labute approximate surface area is 147 Å². The lowest BCUT2D eigenvalue weighted by atomic mass is 9.91. The van der Waals surface area contributed by atoms with Crippen molar-refractivity contribution in [3.8, 4) is 0 Å². The third kappa shape index (κ3) is 3.84. The van der Waals surface area contributed by atoms with E-state index in [2.05, 4.69) is 51.7 Å². The summed E-state index contributed by atoms with van der Waals surface area (Å²) in [7, 11) is 0. The first-order valence-corrected chi connectivity index (χ1v) is 8.66. The van der Waals surface area contributed by atoms with Crippen molar-refractivity contribution >= 4 is 34.2 Å². The lowest BCUT2D eigenvalue weighted by Crippen LogP contribution is -2.44. The van der Waals surface area contributed by atoms with Gasteiger partial charge in [0.05, 0.1) is 0 Å². The number of hydrogen-bond donors (Lipinski definition) is 2. The van der Waals surface area contributed by atoms with Gasteiger partial charge in [-0.05, 0) is 50.8 Å². The van der Waals surface area contributed by atoms with Crippen LogP contribution in [0.1, 0.15) is 38.2 Å². The van der Waals surface area contributed by atoms with Gasteiger partial charge in [-0.25, -0.2) is 0 Å². The standard InChI is InChI=1S/C17H23BrN2O.ClH/c1-12-10-13(6-9-19-12)16(21)20-11-17(7-8-17)14-4-2-3-5-15(14)18;/h2-5,12-13,19H,6-11H2,1H3,(H,20,21);1H/t12-,13-;/m0./s1. The lowest BCUT2D eigenvalue weighted by Gasteiger charge is -2.28. The molecule has 2 N–H and O–H groups in total. The van der Waals surface area contributed by atoms with E-state index in [1.54, 1.807) is 0 Å². The van der Waals surface area contributed by atoms with E-state index in [1.807, 2.05) is 6.07 Å². The molecule has 5 heteroatoms. The topological polar surface area (TPSA) is 41.1 Å². The van der Waals surface area contributed by atoms with Gasteiger partial charge in [-0.15, -0.1) is 12.4 Å². The number of carbonyl (C=O) groups excluding carboxylic acids is 1. The number of rotatable bonds is 4. The average molecular weight is 388 g/mol. The first kappa shape index (κ1) is 17.8. The molecule has 1 saturated carbocycles. The van der Waals surface area contributed by atoms with E-state index in [0.29, 0.717) is 6.04 Å². The summed E-state index contributed by atoms with van der Waals surface area (Å²) in [4.78, 5) is 12.4. The van der Waals surface area contributed by atoms with E-state index in [1.165, 1.54) is 18.4 Å². The van der Waals surface area contributed by atoms with Gasteiger partial charge < -0.3 is 10.6 Å². The van der Waals surface area contributed by atoms with Crippen molar-refractivity contribution in [1.82, 2.24) is 10.6 Å². The van der Waals surface area contributed by atoms with Crippen molar-refractivity contribution in [3.05, 3.63) is 34.3 Å². The second-order valence-corrected chi connectivity index (χ2v) is 7.41. The van der Waals surface area contributed by atoms with Crippen LogP contribution in [-0.4, -0.2) is 25.0 Å². The van der Waals surface area contributed by atoms with E-state index in [0.717, 1.165) is 30.4 Å². The van der Waals surface area contributed by atoms with Crippen LogP contribution in [-0.2, 0) is 10.2 Å². The molecule has 2 atom stereocenters. The molecule has 1 aliphatic heterocycles. The normalized spacial score (nSPS) is 25.9. The van der Waals surface area contributed by atoms with Crippen molar-refractivity contribution in [3.63, 3.8) is 0 Å². The molecule has 122 valence electrons. The molecule has 22 heavy (non-hydrogen) atoms. The Kier molecular flexibility index (Phi) is 5.92. The highest BCUT2D eigenvalue weighted by molar-refractivity contribution is 9.10. The van der Waals surface area contributed by atoms with Gasteiger partial charge in [0.25, 0.3) is 0 Å². The highest BCUT2D eigenvalue weighted by Crippen LogP contribution is 2.49. The Morgan fingerprint density at radius 1 is 1.41 bits per heavy atom. The zero-order valence-electron chi connectivity index (χ0n) is 12.9. The predicted molar refractivity (Wildman–Crippen MR) is 95.5 cm³/mol. The van der Waals surface area contributed by atoms with Crippen LogP contribution in [0.2, 0.25) is 0 Å². The first-order valence-electron chi connectivity index (χ1n) is 7.87. The molecule has 3 nitrogen and oxygen atoms in total. The smallest absolute Gasteiger partial charge is 0.223 e. The monoisotopic (exact) mass is 386 g/mol. The van der Waals surface area contributed by atoms with Gasteiger partial charge in [0.15, 0.2) is 0 Å². The van der Waals surface area contributed by atoms with Crippen LogP contribution < -0.4 is 10.6 Å². The van der Waals surface area contributed by atoms with Gasteiger partial charge in [0.1, 0.15) is 0 Å². The van der Waals surface area contributed by atoms with E-state index in [4.69, 9.17) is 0 Å². The van der Waals surface area contributed by atoms with Gasteiger partial charge in [0, 0.05) is 28.4 Å². The molecule has 0 spiro atoms. The molecule has 1 aliphatic carbocycles. The Morgan fingerprint density at radius 2 is 2.14 bits per heavy atom. The summed E-state index contributed by atoms with van der Waals surface area (Å²) in [5.74, 6) is 0.415. The van der Waals surface area contributed by atoms with Crippen LogP contribution >= 0.6 is 28.3 Å². The van der Waals surface area contributed by atoms with Crippen LogP contribution in [0.5, 0.6) is 0 Å². The SMILES string of the molecule is C[C@H]1C[C@@H](C(=O)NCC2(c3ccccc3Br)CC2)CCN1.Cl. The summed E-state index contributed by atoms with van der Waals surface area (Å²) < 4.78 is 1.16. The van der Waals surface area contributed by atoms with Crippen molar-refractivity contribution in [2.75, 3.05) is 13.1 Å². The predicted octanol–water partition coefficient (Wildman–Crippen LogP) is 3.41. The number of amides is 1. The van der Waals surface area contributed by atoms with Crippen LogP contribution in [0.25, 0.3) is 0 Å². The molecule has 2 fully saturated rings. The van der Waals surface area contributed by atoms with Crippen molar-refractivity contribution in [2.45, 2.75) is 44.1 Å². The van der Waals surface area contributed by atoms with E-state index in [9.17, 15) is 4.79 Å². The molecule has 1 amide bonds. The van der Waals surface area contributed by atoms with E-state index < -0.39 is 0 Å². The van der Waals surface area contributed by atoms with Gasteiger partial charge >= 0.3 is 0 Å². The van der Waals surface area contributed by atoms with Crippen molar-refractivity contribution in [2.24, 2.45) is 5.92 Å². The minimum Gasteiger partial charge on any atom is -0.355 e. The summed E-state index contributed by atoms with van der Waals surface area (Å²) in [6.07, 6.45) is 4.24. The maximum Gasteiger partial charge on any atom is 0.223 e. The summed E-state index contributed by atoms with van der Waals surface area (Å²) in [5.41, 5.74) is 1.50. The Morgan fingerprint density at radius 3 is 2.77 bits per heavy atom. The van der Waals surface area contributed by atoms with Gasteiger partial charge in [-0.1, -0.05) is 34.1 Å². The zero-order chi connectivity index (χ0) is 14.9. The second kappa shape index (κ2) is 7.33. The van der Waals surface area contributed by atoms with Gasteiger partial charge in [0.2, 0.25) is 5.91 Å². The molecular weight excluding hydrogens is 364 g/mol. The summed E-state index contributed by atoms with van der Waals surface area (Å²) in [6.45, 7) is 3.88. The zero-order valence-corrected chi connectivity index (χ0v) is 15.3. The van der Waals surface area contributed by atoms with Crippen molar-refractivity contribution in [1.29, 1.82) is 0 Å². The number of carbonyl (C=O) groups is 1. The second-order valence-electron chi connectivity index (χ2n) is 6.55. The Bertz CT molecular complexity index is 533. The van der Waals surface area contributed by atoms with Crippen LogP contribution in [0.3, 0.4) is 0 Å². The third-order valence-electron chi connectivity index (χ3n) is 4.89. The first-order chi connectivity index (χ1) is 10.1. The lowest BCUT2D eigenvalue weighted by molar-refractivity contribution is -0.126. The molecule has 0 bridgehead atoms. The number of benzene rings is 1. The summed E-state index contributed by atoms with van der Waals surface area (Å²) in [5, 5.41) is 6.61. The number of nitrogens with one attached hydrogen (secondary N) is 2. The quantitative estimate of drug-likeness (QED) is 0.831. The maximum atomic E-state index is 12.4.